The number of aromatic nitrogens is 11. The van der Waals surface area contributed by atoms with E-state index in [1.165, 1.54) is 62.8 Å². The van der Waals surface area contributed by atoms with E-state index in [9.17, 15) is 71.1 Å². The number of nitrogens with one attached hydrogen (secondary N) is 6. The summed E-state index contributed by atoms with van der Waals surface area (Å²) in [5.41, 5.74) is 34.0. The Balaban J connectivity index is 0. The van der Waals surface area contributed by atoms with E-state index in [4.69, 9.17) is 68.1 Å². The van der Waals surface area contributed by atoms with Gasteiger partial charge >= 0.3 is 40.7 Å². The number of carbonyl (C=O) groups is 3. The number of carbonyl (C=O) groups excluding carboxylic acids is 3. The number of nitro groups is 3. The van der Waals surface area contributed by atoms with E-state index in [-0.39, 0.29) is 115 Å². The molecule has 38 nitrogen and oxygen atoms in total. The Morgan fingerprint density at radius 3 is 1.39 bits per heavy atom. The zero-order chi connectivity index (χ0) is 83.5. The molecule has 0 aliphatic carbocycles. The van der Waals surface area contributed by atoms with Gasteiger partial charge in [0.1, 0.15) is 24.3 Å². The predicted octanol–water partition coefficient (Wildman–Crippen LogP) is 12.3. The molecule has 606 valence electrons. The average molecular weight is 1760 g/mol. The predicted molar refractivity (Wildman–Crippen MR) is 426 cm³/mol. The van der Waals surface area contributed by atoms with Crippen LogP contribution in [0.25, 0.3) is 0 Å². The summed E-state index contributed by atoms with van der Waals surface area (Å²) >= 11 is 18.0. The zero-order valence-corrected chi connectivity index (χ0v) is 64.3. The van der Waals surface area contributed by atoms with Crippen LogP contribution in [0.3, 0.4) is 0 Å². The number of aryl methyl sites for hydroxylation is 4. The normalized spacial score (nSPS) is 9.75. The average Bonchev–Trinajstić information content (AvgIpc) is 0.813. The van der Waals surface area contributed by atoms with Crippen molar-refractivity contribution in [3.8, 4) is 0 Å². The van der Waals surface area contributed by atoms with Crippen LogP contribution in [0.5, 0.6) is 0 Å². The molecule has 0 spiro atoms. The van der Waals surface area contributed by atoms with Gasteiger partial charge in [-0.25, -0.2) is 24.9 Å². The fourth-order valence-corrected chi connectivity index (χ4v) is 8.64. The first-order chi connectivity index (χ1) is 51.7. The number of benzene rings is 4. The number of nitrogens with two attached hydrogens (primary N) is 6. The van der Waals surface area contributed by atoms with Crippen LogP contribution in [0.2, 0.25) is 15.7 Å². The quantitative estimate of drug-likeness (QED) is 0.00789. The zero-order valence-electron chi connectivity index (χ0n) is 59.9. The number of rotatable bonds is 12. The van der Waals surface area contributed by atoms with E-state index < -0.39 is 56.0 Å². The van der Waals surface area contributed by atoms with Crippen molar-refractivity contribution < 1.29 is 65.6 Å². The van der Waals surface area contributed by atoms with Gasteiger partial charge in [0.2, 0.25) is 45.2 Å². The molecule has 0 saturated heterocycles. The molecular weight excluding hydrogens is 1680 g/mol. The van der Waals surface area contributed by atoms with Crippen molar-refractivity contribution in [2.75, 3.05) is 88.8 Å². The third-order valence-corrected chi connectivity index (χ3v) is 14.8. The number of hydrogen-bond acceptors (Lipinski definition) is 30. The van der Waals surface area contributed by atoms with Gasteiger partial charge in [-0.2, -0.15) is 51.3 Å². The molecule has 0 aliphatic rings. The number of halogens is 10. The van der Waals surface area contributed by atoms with Gasteiger partial charge in [-0.05, 0) is 171 Å². The van der Waals surface area contributed by atoms with Crippen LogP contribution in [-0.2, 0) is 17.0 Å². The molecule has 48 heteroatoms. The Bertz CT molecular complexity index is 4800. The van der Waals surface area contributed by atoms with Crippen molar-refractivity contribution in [2.45, 2.75) is 54.4 Å². The van der Waals surface area contributed by atoms with E-state index in [2.05, 4.69) is 122 Å². The Hall–Kier alpha value is -12.8. The van der Waals surface area contributed by atoms with E-state index >= 15 is 0 Å². The minimum atomic E-state index is -4.54. The SMILES string of the molecule is C.CN.CNc1ncc(N)c(N)n1.CNc1ncc(NC(=O)c2cc(C(=O)Nc3cccc(C(F)(F)F)c3C)ccc2C)c(N)n1.CNc1ncc([N+](=O)[O-])c(N)n1.Cc1ccc(C(=O)Nc2cccc(C(F)(F)F)c2)cc1I.Cc1cccc(C)n1.N.Nc1nc(Cl)ncc1[N+](=O)[O-].O.O=[N+]([O-])c1cnc(Cl)nc1Cl.[C-]#[O+]. The molecule has 0 bridgehead atoms. The second-order valence-electron chi connectivity index (χ2n) is 20.6. The molecule has 0 fully saturated rings. The molecule has 0 unspecified atom stereocenters. The standard InChI is InChI=1S/C22H21F3N6O2.C15H11F3INO.C7H9N.C5H7N5O2.C5H9N5.C4HCl2N3O2.C4H3ClN4O2.CH5N.CO.CH4.H3N.H2O/c1-11-7-8-13(19(32)29-16-6-4-5-15(12(16)2)22(23,24)25)9-14(11)20(33)30-17-10-28-21(27-3)31-18(17)26;1-9-5-6-10(7-13(9)19)14(21)20-12-4-2-3-11(8-12)15(16,17)18;1-6-4-3-5-7(2)8-6;1-7-5-8-2-3(10(11)12)4(6)9-5;1-8-5-9-2-3(6)4(7)10-5;5-3-2(9(10)11)1-7-4(6)8-3;5-4-7-1-2(9(10)11)3(6)8-4;2*1-2;;;/h4-10H,1-3H3,(H,29,32)(H,30,33)(H3,26,27,28,31);2-8H,1H3,(H,20,21);3-5H,1-2H3;2H,1H3,(H3,6,7,8,9);2H,6H2,1H3,(H3,7,8,9,10);1H;1H,(H2,6,7,8);2H2,1H3;;1H4;1H3;1H2. The van der Waals surface area contributed by atoms with Gasteiger partial charge in [0.15, 0.2) is 11.6 Å². The Morgan fingerprint density at radius 2 is 0.938 bits per heavy atom. The molecular formula is C65H75Cl3F6IN27O11. The number of amides is 3. The van der Waals surface area contributed by atoms with Crippen LogP contribution in [0.4, 0.5) is 107 Å². The summed E-state index contributed by atoms with van der Waals surface area (Å²) in [6, 6.07) is 23.6. The molecule has 10 rings (SSSR count). The molecule has 0 atom stereocenters. The molecule has 23 N–H and O–H groups in total. The first-order valence-electron chi connectivity index (χ1n) is 30.1. The Morgan fingerprint density at radius 1 is 0.504 bits per heavy atom. The van der Waals surface area contributed by atoms with Gasteiger partial charge in [0, 0.05) is 64.2 Å². The topological polar surface area (TPSA) is 637 Å². The van der Waals surface area contributed by atoms with Crippen molar-refractivity contribution >= 4 is 156 Å². The van der Waals surface area contributed by atoms with Crippen molar-refractivity contribution in [3.63, 3.8) is 0 Å². The summed E-state index contributed by atoms with van der Waals surface area (Å²) in [6.45, 7) is 13.4. The molecule has 4 aromatic carbocycles. The van der Waals surface area contributed by atoms with Gasteiger partial charge < -0.3 is 77.9 Å². The molecule has 0 aliphatic heterocycles. The molecule has 0 radical (unpaired) electrons. The second kappa shape index (κ2) is 49.4. The van der Waals surface area contributed by atoms with Crippen molar-refractivity contribution in [1.82, 2.24) is 61.0 Å². The number of pyridine rings is 1. The molecule has 113 heavy (non-hydrogen) atoms. The maximum atomic E-state index is 13.1. The summed E-state index contributed by atoms with van der Waals surface area (Å²) in [5, 5.41) is 45.7. The van der Waals surface area contributed by atoms with Crippen molar-refractivity contribution in [3.05, 3.63) is 240 Å². The van der Waals surface area contributed by atoms with Gasteiger partial charge in [0.25, 0.3) is 17.7 Å². The number of nitrogen functional groups attached to an aromatic ring is 5. The van der Waals surface area contributed by atoms with Crippen molar-refractivity contribution in [2.24, 2.45) is 5.73 Å². The summed E-state index contributed by atoms with van der Waals surface area (Å²) < 4.78 is 85.7. The van der Waals surface area contributed by atoms with Gasteiger partial charge in [0.05, 0.1) is 44.0 Å². The summed E-state index contributed by atoms with van der Waals surface area (Å²) in [6.07, 6.45) is -3.18. The fraction of sp³-hybridized carbons (Fsp3) is 0.185. The van der Waals surface area contributed by atoms with Gasteiger partial charge in [-0.3, -0.25) is 49.7 Å². The summed E-state index contributed by atoms with van der Waals surface area (Å²) in [5.74, 6) is -0.636. The molecule has 6 heterocycles. The Labute approximate surface area is 668 Å². The minimum absolute atomic E-state index is 0. The monoisotopic (exact) mass is 1760 g/mol. The summed E-state index contributed by atoms with van der Waals surface area (Å²) in [4.78, 5) is 107. The van der Waals surface area contributed by atoms with E-state index in [1.54, 1.807) is 52.3 Å². The van der Waals surface area contributed by atoms with Crippen LogP contribution < -0.4 is 72.5 Å². The van der Waals surface area contributed by atoms with E-state index in [1.807, 2.05) is 39.0 Å². The number of alkyl halides is 6. The van der Waals surface area contributed by atoms with Crippen LogP contribution in [0, 0.1) is 75.2 Å². The van der Waals surface area contributed by atoms with Crippen LogP contribution in [0.15, 0.2) is 128 Å². The second-order valence-corrected chi connectivity index (χ2v) is 22.8. The van der Waals surface area contributed by atoms with Gasteiger partial charge in [-0.15, -0.1) is 0 Å². The first kappa shape index (κ1) is 102. The van der Waals surface area contributed by atoms with Crippen LogP contribution in [-0.4, -0.2) is 121 Å². The molecule has 6 aromatic heterocycles. The maximum absolute atomic E-state index is 13.1. The van der Waals surface area contributed by atoms with Crippen LogP contribution >= 0.6 is 57.4 Å². The van der Waals surface area contributed by atoms with E-state index in [0.29, 0.717) is 28.6 Å². The Kier molecular flexibility index (Phi) is 44.7. The van der Waals surface area contributed by atoms with Gasteiger partial charge in [-0.1, -0.05) is 49.4 Å². The molecule has 3 amide bonds. The van der Waals surface area contributed by atoms with E-state index in [0.717, 1.165) is 57.3 Å². The van der Waals surface area contributed by atoms with Crippen molar-refractivity contribution in [1.29, 1.82) is 0 Å². The number of hydrogen-bond donors (Lipinski definition) is 13. The molecule has 0 saturated carbocycles. The third-order valence-electron chi connectivity index (χ3n) is 13.0. The fourth-order valence-electron chi connectivity index (χ4n) is 7.61. The first-order valence-corrected chi connectivity index (χ1v) is 32.3. The number of nitrogens with zero attached hydrogens (tertiary/aromatic N) is 14. The third kappa shape index (κ3) is 34.0. The number of anilines is 11. The summed E-state index contributed by atoms with van der Waals surface area (Å²) in [7, 11) is 6.43. The van der Waals surface area contributed by atoms with Crippen LogP contribution in [0.1, 0.15) is 77.7 Å². The molecule has 10 aromatic rings.